The molecule has 33 heavy (non-hydrogen) atoms. The molecule has 0 radical (unpaired) electrons. The van der Waals surface area contributed by atoms with Gasteiger partial charge >= 0.3 is 6.09 Å². The monoisotopic (exact) mass is 442 g/mol. The number of pyridine rings is 2. The minimum Gasteiger partial charge on any atom is -0.493 e. The van der Waals surface area contributed by atoms with Crippen molar-refractivity contribution < 1.29 is 14.6 Å². The molecule has 0 unspecified atom stereocenters. The van der Waals surface area contributed by atoms with E-state index >= 15 is 0 Å². The van der Waals surface area contributed by atoms with Crippen LogP contribution in [0.15, 0.2) is 60.9 Å². The number of ether oxygens (including phenoxy) is 1. The molecule has 166 valence electrons. The van der Waals surface area contributed by atoms with Crippen molar-refractivity contribution in [2.24, 2.45) is 0 Å². The number of nitrogens with zero attached hydrogens (tertiary/aromatic N) is 5. The van der Waals surface area contributed by atoms with Crippen LogP contribution in [0.25, 0.3) is 16.9 Å². The van der Waals surface area contributed by atoms with Crippen LogP contribution in [-0.4, -0.2) is 37.9 Å². The molecule has 3 aromatic heterocycles. The van der Waals surface area contributed by atoms with E-state index in [1.807, 2.05) is 47.0 Å². The van der Waals surface area contributed by atoms with E-state index in [2.05, 4.69) is 26.5 Å². The van der Waals surface area contributed by atoms with E-state index in [-0.39, 0.29) is 0 Å². The van der Waals surface area contributed by atoms with Gasteiger partial charge in [0.15, 0.2) is 17.2 Å². The Labute approximate surface area is 190 Å². The third-order valence-electron chi connectivity index (χ3n) is 5.10. The third kappa shape index (κ3) is 5.25. The first-order chi connectivity index (χ1) is 16.1. The van der Waals surface area contributed by atoms with Crippen molar-refractivity contribution in [2.75, 3.05) is 7.11 Å². The molecule has 0 aliphatic heterocycles. The minimum atomic E-state index is -1.02. The van der Waals surface area contributed by atoms with Gasteiger partial charge < -0.3 is 15.2 Å². The molecule has 9 nitrogen and oxygen atoms in total. The summed E-state index contributed by atoms with van der Waals surface area (Å²) in [4.78, 5) is 18.5. The Balaban J connectivity index is 0.000000200. The summed E-state index contributed by atoms with van der Waals surface area (Å²) in [5, 5.41) is 24.1. The van der Waals surface area contributed by atoms with Gasteiger partial charge in [-0.25, -0.2) is 14.3 Å². The molecule has 1 saturated carbocycles. The number of rotatable bonds is 5. The molecule has 1 amide bonds. The van der Waals surface area contributed by atoms with Crippen LogP contribution in [0.3, 0.4) is 0 Å². The second-order valence-electron chi connectivity index (χ2n) is 7.48. The normalized spacial score (nSPS) is 12.4. The molecule has 2 N–H and O–H groups in total. The van der Waals surface area contributed by atoms with Gasteiger partial charge in [-0.15, -0.1) is 0 Å². The molecule has 5 rings (SSSR count). The van der Waals surface area contributed by atoms with Gasteiger partial charge in [0.25, 0.3) is 0 Å². The number of aromatic nitrogens is 4. The van der Waals surface area contributed by atoms with Gasteiger partial charge in [-0.1, -0.05) is 18.2 Å². The number of benzene rings is 1. The quantitative estimate of drug-likeness (QED) is 0.478. The van der Waals surface area contributed by atoms with Gasteiger partial charge in [-0.05, 0) is 48.7 Å². The van der Waals surface area contributed by atoms with E-state index < -0.39 is 6.09 Å². The molecule has 4 aromatic rings. The average Bonchev–Trinajstić information content (AvgIpc) is 3.61. The molecular formula is C24H22N6O3. The predicted octanol–water partition coefficient (Wildman–Crippen LogP) is 4.00. The largest absolute Gasteiger partial charge is 0.493 e. The first kappa shape index (κ1) is 21.8. The fraction of sp³-hybridized carbons (Fsp3) is 0.208. The molecule has 1 fully saturated rings. The van der Waals surface area contributed by atoms with E-state index in [0.717, 1.165) is 46.9 Å². The lowest BCUT2D eigenvalue weighted by Gasteiger charge is -2.07. The van der Waals surface area contributed by atoms with Gasteiger partial charge in [-0.3, -0.25) is 4.98 Å². The van der Waals surface area contributed by atoms with Crippen LogP contribution in [0.4, 0.5) is 4.79 Å². The average molecular weight is 442 g/mol. The standard InChI is InChI=1S/C17H14N4O.C7H8N2O2/c1-22-15-9-8-14(12-4-2-11(10-18)3-5-12)21-17(15)19-16(20-21)13-6-7-13;10-7(11)9-5-6-2-1-3-8-4-6/h2-5,8-9,13H,6-7H2,1H3;1-4,9H,5H2,(H,10,11). The molecule has 9 heteroatoms. The summed E-state index contributed by atoms with van der Waals surface area (Å²) < 4.78 is 7.24. The number of hydrogen-bond donors (Lipinski definition) is 2. The highest BCUT2D eigenvalue weighted by molar-refractivity contribution is 5.67. The maximum Gasteiger partial charge on any atom is 0.404 e. The zero-order valence-electron chi connectivity index (χ0n) is 18.0. The zero-order valence-corrected chi connectivity index (χ0v) is 18.0. The Morgan fingerprint density at radius 3 is 2.64 bits per heavy atom. The van der Waals surface area contributed by atoms with E-state index in [9.17, 15) is 4.79 Å². The Kier molecular flexibility index (Phi) is 6.45. The minimum absolute atomic E-state index is 0.309. The molecule has 3 heterocycles. The molecule has 1 aliphatic carbocycles. The Hall–Kier alpha value is -4.45. The van der Waals surface area contributed by atoms with Gasteiger partial charge in [0.2, 0.25) is 0 Å². The molecule has 0 saturated heterocycles. The van der Waals surface area contributed by atoms with Crippen LogP contribution in [0, 0.1) is 11.3 Å². The van der Waals surface area contributed by atoms with Crippen LogP contribution < -0.4 is 10.1 Å². The molecule has 0 bridgehead atoms. The highest BCUT2D eigenvalue weighted by Crippen LogP contribution is 2.39. The van der Waals surface area contributed by atoms with Crippen LogP contribution in [0.2, 0.25) is 0 Å². The SMILES string of the molecule is COc1ccc(-c2ccc(C#N)cc2)n2nc(C3CC3)nc12.O=C(O)NCc1cccnc1. The Morgan fingerprint density at radius 2 is 2.03 bits per heavy atom. The van der Waals surface area contributed by atoms with Crippen molar-refractivity contribution in [1.29, 1.82) is 5.26 Å². The first-order valence-corrected chi connectivity index (χ1v) is 10.4. The van der Waals surface area contributed by atoms with Crippen molar-refractivity contribution in [3.05, 3.63) is 77.9 Å². The lowest BCUT2D eigenvalue weighted by atomic mass is 10.1. The Bertz CT molecular complexity index is 1290. The molecule has 0 atom stereocenters. The summed E-state index contributed by atoms with van der Waals surface area (Å²) in [6.07, 6.45) is 4.56. The van der Waals surface area contributed by atoms with E-state index in [4.69, 9.17) is 15.1 Å². The summed E-state index contributed by atoms with van der Waals surface area (Å²) in [5.41, 5.74) is 4.19. The molecule has 1 aliphatic rings. The topological polar surface area (TPSA) is 125 Å². The summed E-state index contributed by atoms with van der Waals surface area (Å²) in [5.74, 6) is 2.09. The summed E-state index contributed by atoms with van der Waals surface area (Å²) in [6.45, 7) is 0.309. The summed E-state index contributed by atoms with van der Waals surface area (Å²) in [6, 6.07) is 17.1. The van der Waals surface area contributed by atoms with Crippen molar-refractivity contribution in [1.82, 2.24) is 24.9 Å². The number of carboxylic acid groups (broad SMARTS) is 1. The van der Waals surface area contributed by atoms with Crippen LogP contribution in [0.1, 0.15) is 35.7 Å². The second kappa shape index (κ2) is 9.78. The van der Waals surface area contributed by atoms with E-state index in [0.29, 0.717) is 18.0 Å². The smallest absolute Gasteiger partial charge is 0.404 e. The maximum absolute atomic E-state index is 10.0. The van der Waals surface area contributed by atoms with Crippen molar-refractivity contribution >= 4 is 11.7 Å². The number of hydrogen-bond acceptors (Lipinski definition) is 6. The van der Waals surface area contributed by atoms with Gasteiger partial charge in [0, 0.05) is 30.4 Å². The number of methoxy groups -OCH3 is 1. The zero-order chi connectivity index (χ0) is 23.2. The molecule has 1 aromatic carbocycles. The van der Waals surface area contributed by atoms with Crippen LogP contribution in [-0.2, 0) is 6.54 Å². The van der Waals surface area contributed by atoms with Gasteiger partial charge in [-0.2, -0.15) is 10.4 Å². The van der Waals surface area contributed by atoms with Crippen LogP contribution >= 0.6 is 0 Å². The fourth-order valence-electron chi connectivity index (χ4n) is 3.24. The number of nitriles is 1. The van der Waals surface area contributed by atoms with Gasteiger partial charge in [0.1, 0.15) is 0 Å². The summed E-state index contributed by atoms with van der Waals surface area (Å²) >= 11 is 0. The molecular weight excluding hydrogens is 420 g/mol. The van der Waals surface area contributed by atoms with Crippen molar-refractivity contribution in [3.8, 4) is 23.1 Å². The fourth-order valence-corrected chi connectivity index (χ4v) is 3.24. The first-order valence-electron chi connectivity index (χ1n) is 10.4. The lowest BCUT2D eigenvalue weighted by molar-refractivity contribution is 0.194. The van der Waals surface area contributed by atoms with Crippen molar-refractivity contribution in [2.45, 2.75) is 25.3 Å². The van der Waals surface area contributed by atoms with Crippen molar-refractivity contribution in [3.63, 3.8) is 0 Å². The second-order valence-corrected chi connectivity index (χ2v) is 7.48. The molecule has 0 spiro atoms. The van der Waals surface area contributed by atoms with Gasteiger partial charge in [0.05, 0.1) is 24.4 Å². The predicted molar refractivity (Wildman–Crippen MR) is 121 cm³/mol. The Morgan fingerprint density at radius 1 is 1.24 bits per heavy atom. The highest BCUT2D eigenvalue weighted by atomic mass is 16.5. The van der Waals surface area contributed by atoms with Crippen LogP contribution in [0.5, 0.6) is 5.75 Å². The van der Waals surface area contributed by atoms with E-state index in [1.165, 1.54) is 0 Å². The number of amides is 1. The lowest BCUT2D eigenvalue weighted by Crippen LogP contribution is -2.19. The number of fused-ring (bicyclic) bond motifs is 1. The number of nitrogens with one attached hydrogen (secondary N) is 1. The maximum atomic E-state index is 10.0. The number of carbonyl (C=O) groups is 1. The third-order valence-corrected chi connectivity index (χ3v) is 5.10. The van der Waals surface area contributed by atoms with E-state index in [1.54, 1.807) is 25.6 Å². The summed E-state index contributed by atoms with van der Waals surface area (Å²) in [7, 11) is 1.64. The highest BCUT2D eigenvalue weighted by Gasteiger charge is 2.29.